The predicted molar refractivity (Wildman–Crippen MR) is 133 cm³/mol. The highest BCUT2D eigenvalue weighted by Crippen LogP contribution is 2.22. The van der Waals surface area contributed by atoms with Gasteiger partial charge in [-0.25, -0.2) is 8.42 Å². The first-order chi connectivity index (χ1) is 15.8. The molecule has 4 aromatic carbocycles. The van der Waals surface area contributed by atoms with Crippen molar-refractivity contribution >= 4 is 27.3 Å². The first-order valence-electron chi connectivity index (χ1n) is 10.5. The molecule has 0 spiro atoms. The third kappa shape index (κ3) is 5.30. The summed E-state index contributed by atoms with van der Waals surface area (Å²) < 4.78 is 28.0. The molecule has 0 aliphatic heterocycles. The number of carbonyl (C=O) groups excluding carboxylic acids is 1. The molecule has 0 saturated carbocycles. The molecule has 166 valence electrons. The van der Waals surface area contributed by atoms with Crippen molar-refractivity contribution in [3.63, 3.8) is 0 Å². The number of sulfonamides is 1. The molecule has 4 aromatic rings. The minimum atomic E-state index is -3.73. The Labute approximate surface area is 194 Å². The van der Waals surface area contributed by atoms with E-state index in [1.54, 1.807) is 36.4 Å². The summed E-state index contributed by atoms with van der Waals surface area (Å²) in [6.45, 7) is 3.90. The van der Waals surface area contributed by atoms with Crippen LogP contribution in [0, 0.1) is 13.8 Å². The number of rotatable bonds is 6. The second-order valence-electron chi connectivity index (χ2n) is 7.83. The second-order valence-corrected chi connectivity index (χ2v) is 9.51. The molecule has 0 aliphatic carbocycles. The van der Waals surface area contributed by atoms with E-state index in [9.17, 15) is 13.2 Å². The Balaban J connectivity index is 1.43. The lowest BCUT2D eigenvalue weighted by Gasteiger charge is -2.11. The van der Waals surface area contributed by atoms with Gasteiger partial charge in [-0.3, -0.25) is 9.52 Å². The van der Waals surface area contributed by atoms with Gasteiger partial charge in [0.2, 0.25) is 0 Å². The first-order valence-corrected chi connectivity index (χ1v) is 12.0. The Kier molecular flexibility index (Phi) is 6.29. The summed E-state index contributed by atoms with van der Waals surface area (Å²) >= 11 is 0. The van der Waals surface area contributed by atoms with Gasteiger partial charge in [0.25, 0.3) is 15.9 Å². The Morgan fingerprint density at radius 1 is 0.667 bits per heavy atom. The van der Waals surface area contributed by atoms with Crippen LogP contribution in [0.2, 0.25) is 0 Å². The van der Waals surface area contributed by atoms with E-state index in [1.165, 1.54) is 12.1 Å². The summed E-state index contributed by atoms with van der Waals surface area (Å²) in [5.41, 5.74) is 5.74. The molecule has 0 fully saturated rings. The maximum Gasteiger partial charge on any atom is 0.261 e. The van der Waals surface area contributed by atoms with Crippen molar-refractivity contribution in [3.8, 4) is 11.1 Å². The zero-order valence-corrected chi connectivity index (χ0v) is 19.2. The molecular formula is C27H24N2O3S. The van der Waals surface area contributed by atoms with Crippen molar-refractivity contribution in [2.24, 2.45) is 0 Å². The van der Waals surface area contributed by atoms with Crippen LogP contribution >= 0.6 is 0 Å². The van der Waals surface area contributed by atoms with Crippen LogP contribution in [0.25, 0.3) is 11.1 Å². The zero-order valence-electron chi connectivity index (χ0n) is 18.4. The Hall–Kier alpha value is -3.90. The van der Waals surface area contributed by atoms with Gasteiger partial charge in [-0.2, -0.15) is 0 Å². The molecule has 2 N–H and O–H groups in total. The van der Waals surface area contributed by atoms with Crippen molar-refractivity contribution in [2.45, 2.75) is 18.7 Å². The monoisotopic (exact) mass is 456 g/mol. The van der Waals surface area contributed by atoms with E-state index in [4.69, 9.17) is 0 Å². The summed E-state index contributed by atoms with van der Waals surface area (Å²) in [5.74, 6) is -0.265. The lowest BCUT2D eigenvalue weighted by atomic mass is 10.0. The van der Waals surface area contributed by atoms with Gasteiger partial charge < -0.3 is 5.32 Å². The van der Waals surface area contributed by atoms with Crippen LogP contribution < -0.4 is 10.0 Å². The molecule has 0 heterocycles. The van der Waals surface area contributed by atoms with Gasteiger partial charge in [0.05, 0.1) is 4.90 Å². The van der Waals surface area contributed by atoms with Gasteiger partial charge >= 0.3 is 0 Å². The van der Waals surface area contributed by atoms with Gasteiger partial charge in [-0.05, 0) is 84.6 Å². The van der Waals surface area contributed by atoms with E-state index in [0.717, 1.165) is 22.3 Å². The van der Waals surface area contributed by atoms with Crippen LogP contribution in [0.1, 0.15) is 21.5 Å². The minimum Gasteiger partial charge on any atom is -0.322 e. The number of carbonyl (C=O) groups is 1. The molecule has 0 radical (unpaired) electrons. The number of benzene rings is 4. The van der Waals surface area contributed by atoms with Gasteiger partial charge in [-0.15, -0.1) is 0 Å². The van der Waals surface area contributed by atoms with Crippen molar-refractivity contribution in [1.29, 1.82) is 0 Å². The maximum atomic E-state index is 12.7. The van der Waals surface area contributed by atoms with E-state index in [0.29, 0.717) is 16.9 Å². The number of amides is 1. The highest BCUT2D eigenvalue weighted by molar-refractivity contribution is 7.92. The molecule has 0 atom stereocenters. The van der Waals surface area contributed by atoms with Crippen LogP contribution in [-0.4, -0.2) is 14.3 Å². The molecule has 0 bridgehead atoms. The summed E-state index contributed by atoms with van der Waals surface area (Å²) in [5, 5.41) is 2.81. The molecule has 5 nitrogen and oxygen atoms in total. The van der Waals surface area contributed by atoms with Gasteiger partial charge in [0.1, 0.15) is 0 Å². The normalized spacial score (nSPS) is 11.1. The fourth-order valence-electron chi connectivity index (χ4n) is 3.38. The van der Waals surface area contributed by atoms with E-state index >= 15 is 0 Å². The fourth-order valence-corrected chi connectivity index (χ4v) is 4.43. The number of anilines is 2. The molecular weight excluding hydrogens is 432 g/mol. The van der Waals surface area contributed by atoms with Gasteiger partial charge in [0.15, 0.2) is 0 Å². The molecule has 1 amide bonds. The van der Waals surface area contributed by atoms with Crippen molar-refractivity contribution < 1.29 is 13.2 Å². The lowest BCUT2D eigenvalue weighted by Crippen LogP contribution is -2.14. The lowest BCUT2D eigenvalue weighted by molar-refractivity contribution is 0.102. The van der Waals surface area contributed by atoms with Crippen molar-refractivity contribution in [3.05, 3.63) is 114 Å². The van der Waals surface area contributed by atoms with Crippen LogP contribution in [0.3, 0.4) is 0 Å². The molecule has 0 aliphatic rings. The third-order valence-corrected chi connectivity index (χ3v) is 6.83. The largest absolute Gasteiger partial charge is 0.322 e. The average molecular weight is 457 g/mol. The van der Waals surface area contributed by atoms with Crippen LogP contribution in [0.15, 0.2) is 102 Å². The smallest absolute Gasteiger partial charge is 0.261 e. The van der Waals surface area contributed by atoms with Crippen LogP contribution in [0.5, 0.6) is 0 Å². The number of hydrogen-bond acceptors (Lipinski definition) is 3. The average Bonchev–Trinajstić information content (AvgIpc) is 2.82. The van der Waals surface area contributed by atoms with Gasteiger partial charge in [-0.1, -0.05) is 48.5 Å². The quantitative estimate of drug-likeness (QED) is 0.372. The number of nitrogens with one attached hydrogen (secondary N) is 2. The molecule has 6 heteroatoms. The highest BCUT2D eigenvalue weighted by Gasteiger charge is 2.15. The van der Waals surface area contributed by atoms with E-state index in [-0.39, 0.29) is 10.8 Å². The van der Waals surface area contributed by atoms with E-state index < -0.39 is 10.0 Å². The molecule has 0 aromatic heterocycles. The molecule has 0 unspecified atom stereocenters. The summed E-state index contributed by atoms with van der Waals surface area (Å²) in [4.78, 5) is 12.7. The SMILES string of the molecule is Cc1ccc(NS(=O)(=O)c2ccc(NC(=O)c3ccc(-c4ccccc4)cc3)cc2)cc1C. The maximum absolute atomic E-state index is 12.7. The van der Waals surface area contributed by atoms with E-state index in [1.807, 2.05) is 62.4 Å². The van der Waals surface area contributed by atoms with Crippen LogP contribution in [-0.2, 0) is 10.0 Å². The highest BCUT2D eigenvalue weighted by atomic mass is 32.2. The molecule has 4 rings (SSSR count). The van der Waals surface area contributed by atoms with Crippen LogP contribution in [0.4, 0.5) is 11.4 Å². The summed E-state index contributed by atoms with van der Waals surface area (Å²) in [6, 6.07) is 28.8. The second kappa shape index (κ2) is 9.30. The Morgan fingerprint density at radius 3 is 1.91 bits per heavy atom. The zero-order chi connectivity index (χ0) is 23.4. The minimum absolute atomic E-state index is 0.117. The van der Waals surface area contributed by atoms with Crippen molar-refractivity contribution in [1.82, 2.24) is 0 Å². The molecule has 33 heavy (non-hydrogen) atoms. The Bertz CT molecular complexity index is 1380. The summed E-state index contributed by atoms with van der Waals surface area (Å²) in [7, 11) is -3.73. The Morgan fingerprint density at radius 2 is 1.27 bits per heavy atom. The fraction of sp³-hybridized carbons (Fsp3) is 0.0741. The number of hydrogen-bond donors (Lipinski definition) is 2. The third-order valence-electron chi connectivity index (χ3n) is 5.44. The topological polar surface area (TPSA) is 75.3 Å². The summed E-state index contributed by atoms with van der Waals surface area (Å²) in [6.07, 6.45) is 0. The predicted octanol–water partition coefficient (Wildman–Crippen LogP) is 6.02. The van der Waals surface area contributed by atoms with E-state index in [2.05, 4.69) is 10.0 Å². The van der Waals surface area contributed by atoms with Crippen molar-refractivity contribution in [2.75, 3.05) is 10.0 Å². The van der Waals surface area contributed by atoms with Gasteiger partial charge in [0, 0.05) is 16.9 Å². The standard InChI is InChI=1S/C27H24N2O3S/c1-19-8-13-25(18-20(19)2)29-33(31,32)26-16-14-24(15-17-26)28-27(30)23-11-9-22(10-12-23)21-6-4-3-5-7-21/h3-18,29H,1-2H3,(H,28,30). The number of aryl methyl sites for hydroxylation is 2. The molecule has 0 saturated heterocycles. The first kappa shape index (κ1) is 22.3.